The third-order valence-corrected chi connectivity index (χ3v) is 7.19. The topological polar surface area (TPSA) is 91.9 Å². The molecular weight excluding hydrogens is 406 g/mol. The summed E-state index contributed by atoms with van der Waals surface area (Å²) >= 11 is 0. The molecule has 158 valence electrons. The first kappa shape index (κ1) is 20.2. The van der Waals surface area contributed by atoms with Crippen molar-refractivity contribution in [3.05, 3.63) is 54.2 Å². The average Bonchev–Trinajstić information content (AvgIpc) is 3.22. The van der Waals surface area contributed by atoms with E-state index >= 15 is 0 Å². The second-order valence-electron chi connectivity index (χ2n) is 6.98. The van der Waals surface area contributed by atoms with Crippen LogP contribution in [0.1, 0.15) is 10.5 Å². The van der Waals surface area contributed by atoms with Gasteiger partial charge in [0.05, 0.1) is 14.2 Å². The Morgan fingerprint density at radius 1 is 0.967 bits per heavy atom. The molecule has 4 rings (SSSR count). The summed E-state index contributed by atoms with van der Waals surface area (Å²) in [6.45, 7) is 1.02. The van der Waals surface area contributed by atoms with Crippen LogP contribution in [0, 0.1) is 0 Å². The molecule has 1 fully saturated rings. The number of nitrogens with zero attached hydrogens (tertiary/aromatic N) is 2. The van der Waals surface area contributed by atoms with Crippen LogP contribution in [0.25, 0.3) is 10.9 Å². The first-order valence-corrected chi connectivity index (χ1v) is 11.0. The van der Waals surface area contributed by atoms with E-state index in [-0.39, 0.29) is 29.6 Å². The maximum absolute atomic E-state index is 13.2. The number of carbonyl (C=O) groups excluding carboxylic acids is 1. The number of benzene rings is 2. The number of H-pyrrole nitrogens is 1. The zero-order chi connectivity index (χ0) is 21.3. The molecule has 1 saturated heterocycles. The van der Waals surface area contributed by atoms with Crippen molar-refractivity contribution in [1.29, 1.82) is 0 Å². The van der Waals surface area contributed by atoms with Gasteiger partial charge in [-0.3, -0.25) is 4.79 Å². The molecular formula is C21H23N3O5S. The number of methoxy groups -OCH3 is 2. The molecule has 1 N–H and O–H groups in total. The van der Waals surface area contributed by atoms with Gasteiger partial charge in [0.2, 0.25) is 10.0 Å². The number of amides is 1. The maximum Gasteiger partial charge on any atom is 0.270 e. The lowest BCUT2D eigenvalue weighted by Gasteiger charge is -2.34. The van der Waals surface area contributed by atoms with Crippen molar-refractivity contribution in [2.75, 3.05) is 40.4 Å². The van der Waals surface area contributed by atoms with E-state index in [1.807, 2.05) is 30.3 Å². The highest BCUT2D eigenvalue weighted by Gasteiger charge is 2.33. The van der Waals surface area contributed by atoms with E-state index in [1.54, 1.807) is 17.0 Å². The molecule has 0 bridgehead atoms. The first-order chi connectivity index (χ1) is 14.4. The molecule has 30 heavy (non-hydrogen) atoms. The van der Waals surface area contributed by atoms with Gasteiger partial charge in [0.1, 0.15) is 22.1 Å². The number of sulfonamides is 1. The van der Waals surface area contributed by atoms with E-state index in [1.165, 1.54) is 24.6 Å². The van der Waals surface area contributed by atoms with Crippen molar-refractivity contribution in [3.8, 4) is 11.5 Å². The maximum atomic E-state index is 13.2. The summed E-state index contributed by atoms with van der Waals surface area (Å²) in [5, 5.41) is 0.965. The van der Waals surface area contributed by atoms with E-state index < -0.39 is 10.0 Å². The molecule has 8 nitrogen and oxygen atoms in total. The van der Waals surface area contributed by atoms with Gasteiger partial charge >= 0.3 is 0 Å². The fraction of sp³-hybridized carbons (Fsp3) is 0.286. The van der Waals surface area contributed by atoms with Gasteiger partial charge in [0.25, 0.3) is 5.91 Å². The van der Waals surface area contributed by atoms with Gasteiger partial charge in [-0.1, -0.05) is 18.2 Å². The van der Waals surface area contributed by atoms with Crippen LogP contribution >= 0.6 is 0 Å². The Balaban J connectivity index is 1.50. The quantitative estimate of drug-likeness (QED) is 0.672. The summed E-state index contributed by atoms with van der Waals surface area (Å²) in [5.74, 6) is 0.552. The van der Waals surface area contributed by atoms with Crippen LogP contribution in [0.15, 0.2) is 53.4 Å². The minimum Gasteiger partial charge on any atom is -0.497 e. The van der Waals surface area contributed by atoms with Crippen LogP contribution in [0.3, 0.4) is 0 Å². The number of aromatic amines is 1. The summed E-state index contributed by atoms with van der Waals surface area (Å²) in [5.41, 5.74) is 1.40. The number of ether oxygens (including phenoxy) is 2. The minimum atomic E-state index is -3.79. The Bertz CT molecular complexity index is 1150. The molecule has 1 amide bonds. The number of aromatic nitrogens is 1. The van der Waals surface area contributed by atoms with Gasteiger partial charge in [-0.05, 0) is 24.3 Å². The predicted octanol–water partition coefficient (Wildman–Crippen LogP) is 2.33. The van der Waals surface area contributed by atoms with Gasteiger partial charge in [-0.2, -0.15) is 4.31 Å². The molecule has 1 aromatic heterocycles. The van der Waals surface area contributed by atoms with E-state index in [4.69, 9.17) is 9.47 Å². The van der Waals surface area contributed by atoms with E-state index in [2.05, 4.69) is 4.98 Å². The summed E-state index contributed by atoms with van der Waals surface area (Å²) in [6.07, 6.45) is 0. The zero-order valence-corrected chi connectivity index (χ0v) is 17.6. The number of nitrogens with one attached hydrogen (secondary N) is 1. The summed E-state index contributed by atoms with van der Waals surface area (Å²) in [4.78, 5) is 17.7. The third-order valence-electron chi connectivity index (χ3n) is 5.27. The normalized spacial score (nSPS) is 15.3. The Hall–Kier alpha value is -3.04. The van der Waals surface area contributed by atoms with Crippen molar-refractivity contribution in [3.63, 3.8) is 0 Å². The van der Waals surface area contributed by atoms with Gasteiger partial charge in [-0.25, -0.2) is 8.42 Å². The van der Waals surface area contributed by atoms with Crippen LogP contribution < -0.4 is 9.47 Å². The minimum absolute atomic E-state index is 0.0553. The fourth-order valence-electron chi connectivity index (χ4n) is 3.62. The van der Waals surface area contributed by atoms with Crippen LogP contribution in [0.4, 0.5) is 0 Å². The van der Waals surface area contributed by atoms with E-state index in [9.17, 15) is 13.2 Å². The molecule has 9 heteroatoms. The lowest BCUT2D eigenvalue weighted by Crippen LogP contribution is -2.50. The lowest BCUT2D eigenvalue weighted by atomic mass is 10.2. The van der Waals surface area contributed by atoms with Crippen molar-refractivity contribution in [1.82, 2.24) is 14.2 Å². The summed E-state index contributed by atoms with van der Waals surface area (Å²) in [6, 6.07) is 14.2. The van der Waals surface area contributed by atoms with Crippen LogP contribution in [0.2, 0.25) is 0 Å². The molecule has 0 spiro atoms. The van der Waals surface area contributed by atoms with Crippen molar-refractivity contribution in [2.24, 2.45) is 0 Å². The molecule has 2 aromatic carbocycles. The van der Waals surface area contributed by atoms with Crippen LogP contribution in [-0.4, -0.2) is 68.9 Å². The molecule has 0 radical (unpaired) electrons. The Kier molecular flexibility index (Phi) is 5.40. The SMILES string of the molecule is COc1ccc(OC)c(S(=O)(=O)N2CCN(C(=O)c3cc4ccccc4[nH]3)CC2)c1. The number of rotatable bonds is 5. The Labute approximate surface area is 175 Å². The molecule has 0 unspecified atom stereocenters. The molecule has 1 aliphatic heterocycles. The third kappa shape index (κ3) is 3.61. The van der Waals surface area contributed by atoms with Gasteiger partial charge < -0.3 is 19.4 Å². The standard InChI is InChI=1S/C21H23N3O5S/c1-28-16-7-8-19(29-2)20(14-16)30(26,27)24-11-9-23(10-12-24)21(25)18-13-15-5-3-4-6-17(15)22-18/h3-8,13-14,22H,9-12H2,1-2H3. The zero-order valence-electron chi connectivity index (χ0n) is 16.8. The molecule has 0 aliphatic carbocycles. The van der Waals surface area contributed by atoms with Gasteiger partial charge in [0.15, 0.2) is 0 Å². The molecule has 1 aliphatic rings. The Morgan fingerprint density at radius 3 is 2.37 bits per heavy atom. The van der Waals surface area contributed by atoms with Gasteiger partial charge in [0, 0.05) is 43.1 Å². The highest BCUT2D eigenvalue weighted by Crippen LogP contribution is 2.31. The number of fused-ring (bicyclic) bond motifs is 1. The molecule has 2 heterocycles. The van der Waals surface area contributed by atoms with Crippen LogP contribution in [-0.2, 0) is 10.0 Å². The second kappa shape index (κ2) is 8.00. The summed E-state index contributed by atoms with van der Waals surface area (Å²) < 4.78 is 38.1. The molecule has 3 aromatic rings. The predicted molar refractivity (Wildman–Crippen MR) is 113 cm³/mol. The number of piperazine rings is 1. The average molecular weight is 429 g/mol. The fourth-order valence-corrected chi connectivity index (χ4v) is 5.21. The molecule has 0 atom stereocenters. The lowest BCUT2D eigenvalue weighted by molar-refractivity contribution is 0.0693. The van der Waals surface area contributed by atoms with Crippen molar-refractivity contribution >= 4 is 26.8 Å². The number of carbonyl (C=O) groups is 1. The number of hydrogen-bond acceptors (Lipinski definition) is 5. The van der Waals surface area contributed by atoms with Crippen molar-refractivity contribution in [2.45, 2.75) is 4.90 Å². The largest absolute Gasteiger partial charge is 0.497 e. The highest BCUT2D eigenvalue weighted by molar-refractivity contribution is 7.89. The first-order valence-electron chi connectivity index (χ1n) is 9.53. The van der Waals surface area contributed by atoms with E-state index in [0.29, 0.717) is 24.5 Å². The molecule has 0 saturated carbocycles. The smallest absolute Gasteiger partial charge is 0.270 e. The highest BCUT2D eigenvalue weighted by atomic mass is 32.2. The van der Waals surface area contributed by atoms with Crippen LogP contribution in [0.5, 0.6) is 11.5 Å². The summed E-state index contributed by atoms with van der Waals surface area (Å²) in [7, 11) is -0.882. The number of para-hydroxylation sites is 1. The van der Waals surface area contributed by atoms with Gasteiger partial charge in [-0.15, -0.1) is 0 Å². The monoisotopic (exact) mass is 429 g/mol. The Morgan fingerprint density at radius 2 is 1.70 bits per heavy atom. The van der Waals surface area contributed by atoms with Crippen molar-refractivity contribution < 1.29 is 22.7 Å². The second-order valence-corrected chi connectivity index (χ2v) is 8.89. The number of hydrogen-bond donors (Lipinski definition) is 1. The van der Waals surface area contributed by atoms with E-state index in [0.717, 1.165) is 10.9 Å².